The number of fused-ring (bicyclic) bond motifs is 2. The molecule has 7 nitrogen and oxygen atoms in total. The van der Waals surface area contributed by atoms with Gasteiger partial charge in [0, 0.05) is 43.2 Å². The van der Waals surface area contributed by atoms with Gasteiger partial charge in [0.15, 0.2) is 10.8 Å². The molecule has 4 heterocycles. The molecule has 0 N–H and O–H groups in total. The predicted octanol–water partition coefficient (Wildman–Crippen LogP) is 4.21. The second-order valence-corrected chi connectivity index (χ2v) is 10.6. The van der Waals surface area contributed by atoms with E-state index >= 15 is 8.78 Å². The summed E-state index contributed by atoms with van der Waals surface area (Å²) in [6.45, 7) is 2.32. The summed E-state index contributed by atoms with van der Waals surface area (Å²) in [4.78, 5) is 14.7. The molecule has 3 aromatic heterocycles. The lowest BCUT2D eigenvalue weighted by Crippen LogP contribution is -2.64. The fraction of sp³-hybridized carbons (Fsp3) is 0.440. The van der Waals surface area contributed by atoms with Crippen LogP contribution in [0, 0.1) is 17.2 Å². The van der Waals surface area contributed by atoms with Crippen LogP contribution >= 0.6 is 11.6 Å². The largest absolute Gasteiger partial charge is 0.302 e. The minimum Gasteiger partial charge on any atom is -0.302 e. The van der Waals surface area contributed by atoms with Crippen LogP contribution in [0.4, 0.5) is 13.2 Å². The second-order valence-electron chi connectivity index (χ2n) is 10.2. The summed E-state index contributed by atoms with van der Waals surface area (Å²) < 4.78 is 48.1. The molecule has 1 saturated carbocycles. The monoisotopic (exact) mass is 516 g/mol. The van der Waals surface area contributed by atoms with Crippen LogP contribution in [-0.4, -0.2) is 48.9 Å². The van der Waals surface area contributed by atoms with E-state index in [1.165, 1.54) is 37.8 Å². The van der Waals surface area contributed by atoms with Gasteiger partial charge in [0.1, 0.15) is 12.1 Å². The van der Waals surface area contributed by atoms with Gasteiger partial charge in [0.2, 0.25) is 0 Å². The first kappa shape index (κ1) is 23.4. The Kier molecular flexibility index (Phi) is 5.38. The number of rotatable bonds is 6. The van der Waals surface area contributed by atoms with E-state index in [0.29, 0.717) is 30.5 Å². The van der Waals surface area contributed by atoms with Gasteiger partial charge < -0.3 is 4.90 Å². The molecule has 36 heavy (non-hydrogen) atoms. The maximum Gasteiger partial charge on any atom is 0.276 e. The Labute approximate surface area is 209 Å². The Morgan fingerprint density at radius 1 is 1.25 bits per heavy atom. The minimum absolute atomic E-state index is 0.0417. The average molecular weight is 517 g/mol. The fourth-order valence-electron chi connectivity index (χ4n) is 5.98. The predicted molar refractivity (Wildman–Crippen MR) is 129 cm³/mol. The molecule has 0 amide bonds. The van der Waals surface area contributed by atoms with Crippen LogP contribution < -0.4 is 5.56 Å². The summed E-state index contributed by atoms with van der Waals surface area (Å²) in [5.74, 6) is -4.21. The maximum absolute atomic E-state index is 15.6. The van der Waals surface area contributed by atoms with Gasteiger partial charge in [-0.05, 0) is 55.3 Å². The van der Waals surface area contributed by atoms with E-state index in [1.807, 2.05) is 0 Å². The van der Waals surface area contributed by atoms with Crippen molar-refractivity contribution in [3.63, 3.8) is 0 Å². The average Bonchev–Trinajstić information content (AvgIpc) is 3.24. The normalized spacial score (nSPS) is 18.1. The Balaban J connectivity index is 1.07. The Morgan fingerprint density at radius 2 is 2.03 bits per heavy atom. The summed E-state index contributed by atoms with van der Waals surface area (Å²) in [7, 11) is 1.45. The highest BCUT2D eigenvalue weighted by Gasteiger charge is 2.60. The standard InChI is InChI=1S/C25H24ClF3N6O/c1-33-23(36)17-5-2-6-18(21(17)22(26)32-33)25(28,29)16-9-24(10-16)12-34(13-24)7-3-4-15-8-20-31-30-14-35(20)11-19(15)27/h2,5-6,8,11,14,16H,3-4,7,9-10,12-13H2,1H3. The number of pyridine rings is 1. The van der Waals surface area contributed by atoms with Crippen molar-refractivity contribution in [3.8, 4) is 0 Å². The zero-order chi connectivity index (χ0) is 25.2. The van der Waals surface area contributed by atoms with Crippen molar-refractivity contribution in [2.45, 2.75) is 31.6 Å². The van der Waals surface area contributed by atoms with Gasteiger partial charge >= 0.3 is 0 Å². The minimum atomic E-state index is -3.11. The van der Waals surface area contributed by atoms with Crippen LogP contribution in [0.25, 0.3) is 16.4 Å². The number of likely N-dealkylation sites (tertiary alicyclic amines) is 1. The third kappa shape index (κ3) is 3.69. The molecule has 2 fully saturated rings. The van der Waals surface area contributed by atoms with Crippen molar-refractivity contribution in [3.05, 3.63) is 69.2 Å². The molecule has 1 aliphatic carbocycles. The number of hydrogen-bond acceptors (Lipinski definition) is 5. The summed E-state index contributed by atoms with van der Waals surface area (Å²) in [5.41, 5.74) is 0.445. The molecule has 6 rings (SSSR count). The van der Waals surface area contributed by atoms with Gasteiger partial charge in [0.25, 0.3) is 11.5 Å². The van der Waals surface area contributed by atoms with Crippen LogP contribution in [-0.2, 0) is 19.4 Å². The fourth-order valence-corrected chi connectivity index (χ4v) is 6.30. The molecule has 0 bridgehead atoms. The molecule has 0 atom stereocenters. The van der Waals surface area contributed by atoms with E-state index < -0.39 is 17.4 Å². The lowest BCUT2D eigenvalue weighted by molar-refractivity contribution is -0.185. The third-order valence-electron chi connectivity index (χ3n) is 7.77. The van der Waals surface area contributed by atoms with Crippen LogP contribution in [0.15, 0.2) is 41.6 Å². The van der Waals surface area contributed by atoms with E-state index in [1.54, 1.807) is 10.5 Å². The van der Waals surface area contributed by atoms with Crippen LogP contribution in [0.3, 0.4) is 0 Å². The summed E-state index contributed by atoms with van der Waals surface area (Å²) in [5, 5.41) is 11.7. The number of aromatic nitrogens is 5. The molecule has 1 aromatic carbocycles. The Hall–Kier alpha value is -2.98. The molecule has 1 spiro atoms. The summed E-state index contributed by atoms with van der Waals surface area (Å²) in [6, 6.07) is 6.05. The highest BCUT2D eigenvalue weighted by Crippen LogP contribution is 2.59. The molecule has 11 heteroatoms. The molecule has 0 unspecified atom stereocenters. The Bertz CT molecular complexity index is 1540. The zero-order valence-corrected chi connectivity index (χ0v) is 20.4. The molecular formula is C25H24ClF3N6O. The van der Waals surface area contributed by atoms with Crippen LogP contribution in [0.1, 0.15) is 30.4 Å². The van der Waals surface area contributed by atoms with E-state index in [4.69, 9.17) is 11.6 Å². The second kappa shape index (κ2) is 8.27. The van der Waals surface area contributed by atoms with Gasteiger partial charge in [-0.25, -0.2) is 17.9 Å². The molecule has 188 valence electrons. The van der Waals surface area contributed by atoms with Crippen molar-refractivity contribution in [1.29, 1.82) is 0 Å². The molecular weight excluding hydrogens is 493 g/mol. The van der Waals surface area contributed by atoms with Gasteiger partial charge in [-0.1, -0.05) is 23.7 Å². The van der Waals surface area contributed by atoms with E-state index in [0.717, 1.165) is 30.7 Å². The topological polar surface area (TPSA) is 68.3 Å². The van der Waals surface area contributed by atoms with Gasteiger partial charge in [-0.3, -0.25) is 9.20 Å². The number of aryl methyl sites for hydroxylation is 2. The van der Waals surface area contributed by atoms with Crippen molar-refractivity contribution in [1.82, 2.24) is 29.3 Å². The molecule has 2 aliphatic rings. The highest BCUT2D eigenvalue weighted by molar-refractivity contribution is 6.34. The number of nitrogens with zero attached hydrogens (tertiary/aromatic N) is 6. The Morgan fingerprint density at radius 3 is 2.81 bits per heavy atom. The quantitative estimate of drug-likeness (QED) is 0.384. The van der Waals surface area contributed by atoms with Crippen molar-refractivity contribution >= 4 is 28.0 Å². The number of alkyl halides is 2. The van der Waals surface area contributed by atoms with Crippen LogP contribution in [0.2, 0.25) is 5.15 Å². The highest BCUT2D eigenvalue weighted by atomic mass is 35.5. The number of benzene rings is 1. The lowest BCUT2D eigenvalue weighted by atomic mass is 9.55. The zero-order valence-electron chi connectivity index (χ0n) is 19.6. The molecule has 0 radical (unpaired) electrons. The van der Waals surface area contributed by atoms with E-state index in [9.17, 15) is 9.18 Å². The molecule has 4 aromatic rings. The first-order chi connectivity index (χ1) is 17.2. The SMILES string of the molecule is Cn1nc(Cl)c2c(C(F)(F)C3CC4(C3)CN(CCCc3cc5nncn5cc3F)C4)cccc2c1=O. The van der Waals surface area contributed by atoms with Crippen LogP contribution in [0.5, 0.6) is 0 Å². The smallest absolute Gasteiger partial charge is 0.276 e. The van der Waals surface area contributed by atoms with Gasteiger partial charge in [0.05, 0.1) is 5.39 Å². The van der Waals surface area contributed by atoms with Gasteiger partial charge in [-0.2, -0.15) is 5.10 Å². The lowest BCUT2D eigenvalue weighted by Gasteiger charge is -2.60. The van der Waals surface area contributed by atoms with Crippen molar-refractivity contribution in [2.75, 3.05) is 19.6 Å². The van der Waals surface area contributed by atoms with E-state index in [2.05, 4.69) is 20.2 Å². The van der Waals surface area contributed by atoms with E-state index in [-0.39, 0.29) is 32.7 Å². The number of hydrogen-bond donors (Lipinski definition) is 0. The first-order valence-electron chi connectivity index (χ1n) is 11.9. The maximum atomic E-state index is 15.6. The van der Waals surface area contributed by atoms with Crippen molar-refractivity contribution in [2.24, 2.45) is 18.4 Å². The van der Waals surface area contributed by atoms with Crippen molar-refractivity contribution < 1.29 is 13.2 Å². The number of halogens is 4. The molecule has 1 aliphatic heterocycles. The summed E-state index contributed by atoms with van der Waals surface area (Å²) in [6.07, 6.45) is 5.03. The van der Waals surface area contributed by atoms with Gasteiger partial charge in [-0.15, -0.1) is 10.2 Å². The first-order valence-corrected chi connectivity index (χ1v) is 12.3. The third-order valence-corrected chi connectivity index (χ3v) is 8.03. The molecule has 1 saturated heterocycles. The summed E-state index contributed by atoms with van der Waals surface area (Å²) >= 11 is 6.21.